The van der Waals surface area contributed by atoms with Crippen molar-refractivity contribution < 1.29 is 4.79 Å². The molecule has 0 fully saturated rings. The molecule has 1 aromatic carbocycles. The van der Waals surface area contributed by atoms with Crippen molar-refractivity contribution in [3.05, 3.63) is 57.8 Å². The molecule has 0 radical (unpaired) electrons. The molecule has 1 aliphatic heterocycles. The molecule has 21 heavy (non-hydrogen) atoms. The average molecular weight is 320 g/mol. The van der Waals surface area contributed by atoms with Crippen LogP contribution in [-0.2, 0) is 11.2 Å². The lowest BCUT2D eigenvalue weighted by Crippen LogP contribution is -2.40. The first kappa shape index (κ1) is 14.6. The molecule has 0 spiro atoms. The Morgan fingerprint density at radius 1 is 1.38 bits per heavy atom. The van der Waals surface area contributed by atoms with Gasteiger partial charge in [-0.1, -0.05) is 37.3 Å². The maximum atomic E-state index is 12.8. The fraction of sp³-hybridized carbons (Fsp3) is 0.353. The van der Waals surface area contributed by atoms with E-state index in [4.69, 9.17) is 11.6 Å². The number of amides is 1. The highest BCUT2D eigenvalue weighted by molar-refractivity contribution is 7.10. The number of hydrogen-bond acceptors (Lipinski definition) is 2. The van der Waals surface area contributed by atoms with Gasteiger partial charge in [-0.25, -0.2) is 0 Å². The number of carbonyl (C=O) groups is 1. The summed E-state index contributed by atoms with van der Waals surface area (Å²) < 4.78 is 0. The summed E-state index contributed by atoms with van der Waals surface area (Å²) in [5, 5.41) is 1.52. The molecule has 0 saturated heterocycles. The largest absolute Gasteiger partial charge is 0.334 e. The van der Waals surface area contributed by atoms with Gasteiger partial charge in [0.25, 0.3) is 0 Å². The second-order valence-corrected chi connectivity index (χ2v) is 6.72. The van der Waals surface area contributed by atoms with Crippen LogP contribution < -0.4 is 0 Å². The van der Waals surface area contributed by atoms with Gasteiger partial charge in [0.1, 0.15) is 5.38 Å². The van der Waals surface area contributed by atoms with E-state index in [1.807, 2.05) is 35.2 Å². The number of nitrogens with zero attached hydrogens (tertiary/aromatic N) is 1. The Bertz CT molecular complexity index is 625. The first-order valence-corrected chi connectivity index (χ1v) is 8.59. The van der Waals surface area contributed by atoms with E-state index in [9.17, 15) is 4.79 Å². The SMILES string of the molecule is CCC1c2ccsc2CCN1C(=O)C(Cl)c1ccccc1. The zero-order valence-corrected chi connectivity index (χ0v) is 13.5. The first-order chi connectivity index (χ1) is 10.2. The summed E-state index contributed by atoms with van der Waals surface area (Å²) in [6.45, 7) is 2.89. The zero-order chi connectivity index (χ0) is 14.8. The normalized spacial score (nSPS) is 19.1. The molecule has 2 unspecified atom stereocenters. The summed E-state index contributed by atoms with van der Waals surface area (Å²) in [6.07, 6.45) is 1.86. The standard InChI is InChI=1S/C17H18ClNOS/c1-2-14-13-9-11-21-15(13)8-10-19(14)17(20)16(18)12-6-4-3-5-7-12/h3-7,9,11,14,16H,2,8,10H2,1H3. The highest BCUT2D eigenvalue weighted by atomic mass is 35.5. The van der Waals surface area contributed by atoms with Gasteiger partial charge in [0, 0.05) is 11.4 Å². The Hall–Kier alpha value is -1.32. The molecule has 2 atom stereocenters. The number of benzene rings is 1. The van der Waals surface area contributed by atoms with Crippen LogP contribution in [0.25, 0.3) is 0 Å². The summed E-state index contributed by atoms with van der Waals surface area (Å²) in [4.78, 5) is 16.2. The van der Waals surface area contributed by atoms with E-state index < -0.39 is 5.38 Å². The monoisotopic (exact) mass is 319 g/mol. The highest BCUT2D eigenvalue weighted by Crippen LogP contribution is 2.37. The number of thiophene rings is 1. The Labute approximate surface area is 134 Å². The molecular weight excluding hydrogens is 302 g/mol. The zero-order valence-electron chi connectivity index (χ0n) is 12.0. The van der Waals surface area contributed by atoms with E-state index in [2.05, 4.69) is 18.4 Å². The minimum atomic E-state index is -0.597. The molecule has 1 aliphatic rings. The fourth-order valence-electron chi connectivity index (χ4n) is 3.01. The molecule has 0 bridgehead atoms. The summed E-state index contributed by atoms with van der Waals surface area (Å²) in [7, 11) is 0. The molecule has 4 heteroatoms. The lowest BCUT2D eigenvalue weighted by atomic mass is 9.97. The lowest BCUT2D eigenvalue weighted by Gasteiger charge is -2.36. The van der Waals surface area contributed by atoms with Crippen LogP contribution in [0.5, 0.6) is 0 Å². The number of halogens is 1. The second kappa shape index (κ2) is 6.20. The van der Waals surface area contributed by atoms with Crippen LogP contribution in [0.1, 0.15) is 40.8 Å². The van der Waals surface area contributed by atoms with Crippen LogP contribution in [0, 0.1) is 0 Å². The quantitative estimate of drug-likeness (QED) is 0.759. The predicted molar refractivity (Wildman–Crippen MR) is 87.8 cm³/mol. The van der Waals surface area contributed by atoms with Crippen molar-refractivity contribution in [3.8, 4) is 0 Å². The van der Waals surface area contributed by atoms with Crippen molar-refractivity contribution in [1.29, 1.82) is 0 Å². The van der Waals surface area contributed by atoms with E-state index in [0.717, 1.165) is 24.9 Å². The molecule has 0 aliphatic carbocycles. The van der Waals surface area contributed by atoms with Crippen LogP contribution in [-0.4, -0.2) is 17.4 Å². The van der Waals surface area contributed by atoms with Gasteiger partial charge in [0.15, 0.2) is 0 Å². The number of rotatable bonds is 3. The summed E-state index contributed by atoms with van der Waals surface area (Å²) in [6, 6.07) is 11.9. The maximum absolute atomic E-state index is 12.8. The van der Waals surface area contributed by atoms with Crippen LogP contribution in [0.4, 0.5) is 0 Å². The topological polar surface area (TPSA) is 20.3 Å². The Balaban J connectivity index is 1.85. The van der Waals surface area contributed by atoms with Crippen molar-refractivity contribution in [1.82, 2.24) is 4.90 Å². The number of hydrogen-bond donors (Lipinski definition) is 0. The molecular formula is C17H18ClNOS. The molecule has 3 rings (SSSR count). The molecule has 1 amide bonds. The van der Waals surface area contributed by atoms with E-state index in [1.165, 1.54) is 10.4 Å². The van der Waals surface area contributed by atoms with E-state index in [1.54, 1.807) is 11.3 Å². The smallest absolute Gasteiger partial charge is 0.245 e. The van der Waals surface area contributed by atoms with Crippen molar-refractivity contribution in [2.24, 2.45) is 0 Å². The molecule has 2 aromatic rings. The van der Waals surface area contributed by atoms with Gasteiger partial charge in [-0.2, -0.15) is 0 Å². The third kappa shape index (κ3) is 2.72. The van der Waals surface area contributed by atoms with E-state index >= 15 is 0 Å². The van der Waals surface area contributed by atoms with Gasteiger partial charge in [-0.15, -0.1) is 22.9 Å². The van der Waals surface area contributed by atoms with E-state index in [-0.39, 0.29) is 11.9 Å². The van der Waals surface area contributed by atoms with Gasteiger partial charge < -0.3 is 4.90 Å². The Morgan fingerprint density at radius 2 is 2.14 bits per heavy atom. The fourth-order valence-corrected chi connectivity index (χ4v) is 4.21. The van der Waals surface area contributed by atoms with Gasteiger partial charge >= 0.3 is 0 Å². The van der Waals surface area contributed by atoms with Crippen LogP contribution in [0.2, 0.25) is 0 Å². The predicted octanol–water partition coefficient (Wildman–Crippen LogP) is 4.56. The maximum Gasteiger partial charge on any atom is 0.245 e. The molecule has 1 aromatic heterocycles. The molecule has 2 heterocycles. The van der Waals surface area contributed by atoms with Crippen LogP contribution in [0.3, 0.4) is 0 Å². The molecule has 0 N–H and O–H groups in total. The molecule has 2 nitrogen and oxygen atoms in total. The van der Waals surface area contributed by atoms with E-state index in [0.29, 0.717) is 0 Å². The average Bonchev–Trinajstić information content (AvgIpc) is 3.02. The lowest BCUT2D eigenvalue weighted by molar-refractivity contribution is -0.133. The minimum Gasteiger partial charge on any atom is -0.334 e. The Kier molecular flexibility index (Phi) is 4.32. The summed E-state index contributed by atoms with van der Waals surface area (Å²) in [5.41, 5.74) is 2.18. The van der Waals surface area contributed by atoms with Crippen molar-refractivity contribution >= 4 is 28.8 Å². The summed E-state index contributed by atoms with van der Waals surface area (Å²) in [5.74, 6) is 0.0200. The van der Waals surface area contributed by atoms with Gasteiger partial charge in [0.05, 0.1) is 6.04 Å². The van der Waals surface area contributed by atoms with Gasteiger partial charge in [-0.05, 0) is 35.4 Å². The Morgan fingerprint density at radius 3 is 2.86 bits per heavy atom. The number of fused-ring (bicyclic) bond motifs is 1. The van der Waals surface area contributed by atoms with Crippen molar-refractivity contribution in [2.45, 2.75) is 31.2 Å². The first-order valence-electron chi connectivity index (χ1n) is 7.28. The summed E-state index contributed by atoms with van der Waals surface area (Å²) >= 11 is 8.22. The van der Waals surface area contributed by atoms with Gasteiger partial charge in [-0.3, -0.25) is 4.79 Å². The molecule has 110 valence electrons. The second-order valence-electron chi connectivity index (χ2n) is 5.28. The third-order valence-electron chi connectivity index (χ3n) is 4.07. The van der Waals surface area contributed by atoms with Crippen molar-refractivity contribution in [2.75, 3.05) is 6.54 Å². The third-order valence-corrected chi connectivity index (χ3v) is 5.51. The molecule has 0 saturated carbocycles. The number of carbonyl (C=O) groups excluding carboxylic acids is 1. The van der Waals surface area contributed by atoms with Crippen LogP contribution in [0.15, 0.2) is 41.8 Å². The highest BCUT2D eigenvalue weighted by Gasteiger charge is 2.33. The van der Waals surface area contributed by atoms with Crippen molar-refractivity contribution in [3.63, 3.8) is 0 Å². The van der Waals surface area contributed by atoms with Gasteiger partial charge in [0.2, 0.25) is 5.91 Å². The minimum absolute atomic E-state index is 0.0200. The number of alkyl halides is 1. The van der Waals surface area contributed by atoms with Crippen LogP contribution >= 0.6 is 22.9 Å².